The molecule has 0 aromatic heterocycles. The standard InChI is InChI=1S/C20H26O4S/c1-12(2)7-10-17(25)13-11-16(23-5)18-14(21-3)8-9-15(22-4)19(18)20(13)24-6/h7-9,11,17,25H,10H2,1-6H3/t17-/m1/s1. The van der Waals surface area contributed by atoms with Gasteiger partial charge in [-0.05, 0) is 38.5 Å². The predicted molar refractivity (Wildman–Crippen MR) is 106 cm³/mol. The molecule has 136 valence electrons. The van der Waals surface area contributed by atoms with E-state index >= 15 is 0 Å². The van der Waals surface area contributed by atoms with Gasteiger partial charge in [-0.15, -0.1) is 0 Å². The van der Waals surface area contributed by atoms with Gasteiger partial charge in [-0.1, -0.05) is 11.6 Å². The predicted octanol–water partition coefficient (Wildman–Crippen LogP) is 5.20. The van der Waals surface area contributed by atoms with Crippen molar-refractivity contribution >= 4 is 23.4 Å². The Bertz CT molecular complexity index is 779. The zero-order chi connectivity index (χ0) is 18.6. The third kappa shape index (κ3) is 3.82. The van der Waals surface area contributed by atoms with Crippen LogP contribution < -0.4 is 18.9 Å². The number of methoxy groups -OCH3 is 4. The maximum atomic E-state index is 5.77. The summed E-state index contributed by atoms with van der Waals surface area (Å²) in [6, 6.07) is 5.71. The smallest absolute Gasteiger partial charge is 0.135 e. The molecule has 0 aliphatic carbocycles. The Morgan fingerprint density at radius 1 is 0.920 bits per heavy atom. The second-order valence-electron chi connectivity index (χ2n) is 5.95. The van der Waals surface area contributed by atoms with Crippen LogP contribution in [-0.4, -0.2) is 28.4 Å². The van der Waals surface area contributed by atoms with Gasteiger partial charge >= 0.3 is 0 Å². The largest absolute Gasteiger partial charge is 0.496 e. The van der Waals surface area contributed by atoms with E-state index in [-0.39, 0.29) is 5.25 Å². The fraction of sp³-hybridized carbons (Fsp3) is 0.400. The summed E-state index contributed by atoms with van der Waals surface area (Å²) in [5, 5.41) is 1.63. The maximum Gasteiger partial charge on any atom is 0.135 e. The Balaban J connectivity index is 2.82. The van der Waals surface area contributed by atoms with E-state index in [2.05, 4.69) is 19.9 Å². The lowest BCUT2D eigenvalue weighted by atomic mass is 9.98. The van der Waals surface area contributed by atoms with Crippen molar-refractivity contribution in [3.63, 3.8) is 0 Å². The highest BCUT2D eigenvalue weighted by Gasteiger charge is 2.23. The van der Waals surface area contributed by atoms with Gasteiger partial charge in [0, 0.05) is 10.8 Å². The highest BCUT2D eigenvalue weighted by Crippen LogP contribution is 2.49. The summed E-state index contributed by atoms with van der Waals surface area (Å²) in [4.78, 5) is 0. The first-order valence-electron chi connectivity index (χ1n) is 8.09. The summed E-state index contributed by atoms with van der Waals surface area (Å²) < 4.78 is 22.5. The van der Waals surface area contributed by atoms with Crippen molar-refractivity contribution in [3.8, 4) is 23.0 Å². The van der Waals surface area contributed by atoms with Crippen LogP contribution in [0.5, 0.6) is 23.0 Å². The zero-order valence-electron chi connectivity index (χ0n) is 15.7. The van der Waals surface area contributed by atoms with Crippen LogP contribution in [0.1, 0.15) is 31.1 Å². The molecule has 0 bridgehead atoms. The molecule has 4 nitrogen and oxygen atoms in total. The Morgan fingerprint density at radius 3 is 1.96 bits per heavy atom. The van der Waals surface area contributed by atoms with Crippen LogP contribution in [0.15, 0.2) is 29.8 Å². The number of thiol groups is 1. The molecule has 2 aromatic rings. The number of allylic oxidation sites excluding steroid dienone is 2. The molecule has 0 aliphatic rings. The van der Waals surface area contributed by atoms with Gasteiger partial charge in [-0.3, -0.25) is 0 Å². The first-order valence-corrected chi connectivity index (χ1v) is 8.61. The molecular formula is C20H26O4S. The van der Waals surface area contributed by atoms with Crippen molar-refractivity contribution in [2.24, 2.45) is 0 Å². The molecule has 0 saturated heterocycles. The number of hydrogen-bond donors (Lipinski definition) is 1. The van der Waals surface area contributed by atoms with Crippen LogP contribution in [0.2, 0.25) is 0 Å². The third-order valence-corrected chi connectivity index (χ3v) is 4.61. The molecule has 0 unspecified atom stereocenters. The Kier molecular flexibility index (Phi) is 6.48. The number of ether oxygens (including phenoxy) is 4. The molecule has 0 amide bonds. The SMILES string of the molecule is COc1ccc(OC)c2c(OC)c([C@H](S)CC=C(C)C)cc(OC)c12. The molecule has 0 fully saturated rings. The van der Waals surface area contributed by atoms with Gasteiger partial charge in [-0.25, -0.2) is 0 Å². The molecule has 5 heteroatoms. The van der Waals surface area contributed by atoms with Crippen LogP contribution in [0, 0.1) is 0 Å². The number of benzene rings is 2. The summed E-state index contributed by atoms with van der Waals surface area (Å²) in [5.41, 5.74) is 2.21. The van der Waals surface area contributed by atoms with Crippen molar-refractivity contribution in [2.45, 2.75) is 25.5 Å². The van der Waals surface area contributed by atoms with Gasteiger partial charge in [0.05, 0.1) is 39.2 Å². The Labute approximate surface area is 155 Å². The lowest BCUT2D eigenvalue weighted by Crippen LogP contribution is -2.01. The minimum Gasteiger partial charge on any atom is -0.496 e. The van der Waals surface area contributed by atoms with E-state index in [9.17, 15) is 0 Å². The van der Waals surface area contributed by atoms with Gasteiger partial charge < -0.3 is 18.9 Å². The van der Waals surface area contributed by atoms with E-state index in [1.165, 1.54) is 5.57 Å². The fourth-order valence-corrected chi connectivity index (χ4v) is 3.20. The quantitative estimate of drug-likeness (QED) is 0.542. The Hall–Kier alpha value is -2.01. The Morgan fingerprint density at radius 2 is 1.48 bits per heavy atom. The van der Waals surface area contributed by atoms with Gasteiger partial charge in [-0.2, -0.15) is 12.6 Å². The van der Waals surface area contributed by atoms with E-state index in [1.54, 1.807) is 28.4 Å². The van der Waals surface area contributed by atoms with Crippen LogP contribution in [0.4, 0.5) is 0 Å². The molecule has 2 aromatic carbocycles. The topological polar surface area (TPSA) is 36.9 Å². The van der Waals surface area contributed by atoms with Crippen molar-refractivity contribution < 1.29 is 18.9 Å². The summed E-state index contributed by atoms with van der Waals surface area (Å²) >= 11 is 4.79. The highest BCUT2D eigenvalue weighted by molar-refractivity contribution is 7.80. The molecular weight excluding hydrogens is 336 g/mol. The molecule has 0 heterocycles. The van der Waals surface area contributed by atoms with Crippen LogP contribution >= 0.6 is 12.6 Å². The molecule has 25 heavy (non-hydrogen) atoms. The van der Waals surface area contributed by atoms with Crippen LogP contribution in [0.25, 0.3) is 10.8 Å². The molecule has 2 rings (SSSR count). The van der Waals surface area contributed by atoms with Crippen LogP contribution in [0.3, 0.4) is 0 Å². The van der Waals surface area contributed by atoms with Gasteiger partial charge in [0.2, 0.25) is 0 Å². The first kappa shape index (κ1) is 19.3. The molecule has 1 atom stereocenters. The number of hydrogen-bond acceptors (Lipinski definition) is 5. The summed E-state index contributed by atoms with van der Waals surface area (Å²) in [5.74, 6) is 2.85. The van der Waals surface area contributed by atoms with Gasteiger partial charge in [0.15, 0.2) is 0 Å². The van der Waals surface area contributed by atoms with Crippen molar-refractivity contribution in [3.05, 3.63) is 35.4 Å². The van der Waals surface area contributed by atoms with E-state index in [0.29, 0.717) is 17.2 Å². The number of fused-ring (bicyclic) bond motifs is 1. The number of rotatable bonds is 7. The minimum absolute atomic E-state index is 0.0287. The molecule has 0 saturated carbocycles. The minimum atomic E-state index is -0.0287. The van der Waals surface area contributed by atoms with Crippen molar-refractivity contribution in [2.75, 3.05) is 28.4 Å². The lowest BCUT2D eigenvalue weighted by Gasteiger charge is -2.21. The van der Waals surface area contributed by atoms with Crippen molar-refractivity contribution in [1.29, 1.82) is 0 Å². The van der Waals surface area contributed by atoms with E-state index in [4.69, 9.17) is 31.6 Å². The summed E-state index contributed by atoms with van der Waals surface area (Å²) in [6.45, 7) is 4.15. The van der Waals surface area contributed by atoms with E-state index in [1.807, 2.05) is 18.2 Å². The van der Waals surface area contributed by atoms with Gasteiger partial charge in [0.1, 0.15) is 23.0 Å². The normalized spacial score (nSPS) is 11.8. The molecule has 0 spiro atoms. The summed E-state index contributed by atoms with van der Waals surface area (Å²) in [7, 11) is 6.58. The second-order valence-corrected chi connectivity index (χ2v) is 6.58. The third-order valence-electron chi connectivity index (χ3n) is 4.12. The first-order chi connectivity index (χ1) is 12.0. The maximum absolute atomic E-state index is 5.77. The average Bonchev–Trinajstić information content (AvgIpc) is 2.63. The van der Waals surface area contributed by atoms with E-state index < -0.39 is 0 Å². The van der Waals surface area contributed by atoms with E-state index in [0.717, 1.165) is 28.5 Å². The highest BCUT2D eigenvalue weighted by atomic mass is 32.1. The fourth-order valence-electron chi connectivity index (χ4n) is 2.90. The van der Waals surface area contributed by atoms with Crippen LogP contribution in [-0.2, 0) is 0 Å². The second kappa shape index (κ2) is 8.39. The molecule has 0 radical (unpaired) electrons. The molecule has 0 N–H and O–H groups in total. The van der Waals surface area contributed by atoms with Gasteiger partial charge in [0.25, 0.3) is 0 Å². The summed E-state index contributed by atoms with van der Waals surface area (Å²) in [6.07, 6.45) is 2.96. The average molecular weight is 362 g/mol. The monoisotopic (exact) mass is 362 g/mol. The lowest BCUT2D eigenvalue weighted by molar-refractivity contribution is 0.389. The van der Waals surface area contributed by atoms with Crippen molar-refractivity contribution in [1.82, 2.24) is 0 Å². The zero-order valence-corrected chi connectivity index (χ0v) is 16.6. The molecule has 0 aliphatic heterocycles.